The predicted octanol–water partition coefficient (Wildman–Crippen LogP) is 3.10. The van der Waals surface area contributed by atoms with Crippen LogP contribution in [0.25, 0.3) is 6.08 Å². The summed E-state index contributed by atoms with van der Waals surface area (Å²) in [6.45, 7) is 2.16. The highest BCUT2D eigenvalue weighted by atomic mass is 32.2. The summed E-state index contributed by atoms with van der Waals surface area (Å²) >= 11 is 1.29. The van der Waals surface area contributed by atoms with Crippen molar-refractivity contribution in [3.8, 4) is 0 Å². The number of nitrogens with one attached hydrogen (secondary N) is 1. The summed E-state index contributed by atoms with van der Waals surface area (Å²) in [6, 6.07) is 17.1. The first-order chi connectivity index (χ1) is 11.6. The molecule has 2 amide bonds. The van der Waals surface area contributed by atoms with Crippen LogP contribution in [0, 0.1) is 0 Å². The smallest absolute Gasteiger partial charge is 0.252 e. The van der Waals surface area contributed by atoms with E-state index in [0.717, 1.165) is 10.5 Å². The fraction of sp³-hybridized carbons (Fsp3) is 0.158. The van der Waals surface area contributed by atoms with Crippen molar-refractivity contribution in [2.75, 3.05) is 6.54 Å². The number of carbonyl (C=O) groups is 2. The minimum atomic E-state index is -0.402. The first-order valence-corrected chi connectivity index (χ1v) is 8.50. The van der Waals surface area contributed by atoms with Crippen LogP contribution in [-0.4, -0.2) is 23.6 Å². The van der Waals surface area contributed by atoms with Crippen LogP contribution in [0.15, 0.2) is 65.6 Å². The molecule has 0 aromatic heterocycles. The van der Waals surface area contributed by atoms with Gasteiger partial charge >= 0.3 is 0 Å². The minimum absolute atomic E-state index is 0.174. The van der Waals surface area contributed by atoms with Crippen LogP contribution in [0.2, 0.25) is 0 Å². The van der Waals surface area contributed by atoms with Crippen LogP contribution in [0.1, 0.15) is 22.8 Å². The maximum absolute atomic E-state index is 12.4. The molecule has 0 saturated carbocycles. The van der Waals surface area contributed by atoms with Gasteiger partial charge in [-0.3, -0.25) is 9.59 Å². The molecule has 1 atom stereocenters. The third-order valence-electron chi connectivity index (χ3n) is 3.33. The SMILES string of the molecule is C[C@H](Sc1ccccc1C(=O)NC/C=C/c1ccccc1)C(N)=O. The van der Waals surface area contributed by atoms with Gasteiger partial charge in [-0.25, -0.2) is 0 Å². The van der Waals surface area contributed by atoms with Crippen molar-refractivity contribution in [2.45, 2.75) is 17.1 Å². The Balaban J connectivity index is 1.97. The van der Waals surface area contributed by atoms with E-state index in [9.17, 15) is 9.59 Å². The first-order valence-electron chi connectivity index (χ1n) is 7.62. The minimum Gasteiger partial charge on any atom is -0.369 e. The molecule has 2 rings (SSSR count). The second kappa shape index (κ2) is 8.93. The second-order valence-corrected chi connectivity index (χ2v) is 6.56. The first kappa shape index (κ1) is 17.8. The summed E-state index contributed by atoms with van der Waals surface area (Å²) in [6.07, 6.45) is 3.85. The summed E-state index contributed by atoms with van der Waals surface area (Å²) in [7, 11) is 0. The van der Waals surface area contributed by atoms with Crippen LogP contribution < -0.4 is 11.1 Å². The molecule has 0 fully saturated rings. The lowest BCUT2D eigenvalue weighted by Crippen LogP contribution is -2.25. The number of thioether (sulfide) groups is 1. The van der Waals surface area contributed by atoms with Gasteiger partial charge in [-0.2, -0.15) is 0 Å². The number of hydrogen-bond donors (Lipinski definition) is 2. The molecule has 3 N–H and O–H groups in total. The third-order valence-corrected chi connectivity index (χ3v) is 4.52. The van der Waals surface area contributed by atoms with Gasteiger partial charge in [0.1, 0.15) is 0 Å². The standard InChI is InChI=1S/C19H20N2O2S/c1-14(18(20)22)24-17-12-6-5-11-16(17)19(23)21-13-7-10-15-8-3-2-4-9-15/h2-12,14H,13H2,1H3,(H2,20,22)(H,21,23)/b10-7+/t14-/m0/s1. The summed E-state index contributed by atoms with van der Waals surface area (Å²) in [4.78, 5) is 24.3. The maximum atomic E-state index is 12.4. The molecule has 4 nitrogen and oxygen atoms in total. The average Bonchev–Trinajstić information content (AvgIpc) is 2.60. The molecule has 124 valence electrons. The van der Waals surface area contributed by atoms with Gasteiger partial charge in [0.05, 0.1) is 10.8 Å². The van der Waals surface area contributed by atoms with Gasteiger partial charge in [0.2, 0.25) is 5.91 Å². The molecule has 5 heteroatoms. The Hall–Kier alpha value is -2.53. The highest BCUT2D eigenvalue weighted by Gasteiger charge is 2.16. The number of rotatable bonds is 7. The maximum Gasteiger partial charge on any atom is 0.252 e. The van der Waals surface area contributed by atoms with Gasteiger partial charge in [0.25, 0.3) is 5.91 Å². The molecule has 0 heterocycles. The summed E-state index contributed by atoms with van der Waals surface area (Å²) in [5.41, 5.74) is 6.92. The molecule has 0 unspecified atom stereocenters. The fourth-order valence-corrected chi connectivity index (χ4v) is 2.95. The number of carbonyl (C=O) groups excluding carboxylic acids is 2. The van der Waals surface area contributed by atoms with Gasteiger partial charge < -0.3 is 11.1 Å². The molecular formula is C19H20N2O2S. The molecule has 0 spiro atoms. The summed E-state index contributed by atoms with van der Waals surface area (Å²) in [5, 5.41) is 2.47. The largest absolute Gasteiger partial charge is 0.369 e. The Kier molecular flexibility index (Phi) is 6.63. The van der Waals surface area contributed by atoms with E-state index in [1.54, 1.807) is 19.1 Å². The van der Waals surface area contributed by atoms with Crippen LogP contribution in [0.3, 0.4) is 0 Å². The Morgan fingerprint density at radius 1 is 1.12 bits per heavy atom. The van der Waals surface area contributed by atoms with Gasteiger partial charge in [0.15, 0.2) is 0 Å². The van der Waals surface area contributed by atoms with E-state index in [0.29, 0.717) is 12.1 Å². The zero-order valence-electron chi connectivity index (χ0n) is 13.4. The van der Waals surface area contributed by atoms with Crippen LogP contribution in [-0.2, 0) is 4.79 Å². The lowest BCUT2D eigenvalue weighted by molar-refractivity contribution is -0.117. The van der Waals surface area contributed by atoms with Crippen molar-refractivity contribution in [3.05, 3.63) is 71.8 Å². The van der Waals surface area contributed by atoms with Gasteiger partial charge in [-0.05, 0) is 24.6 Å². The molecular weight excluding hydrogens is 320 g/mol. The number of nitrogens with two attached hydrogens (primary N) is 1. The van der Waals surface area contributed by atoms with E-state index in [-0.39, 0.29) is 5.91 Å². The number of primary amides is 1. The Morgan fingerprint density at radius 2 is 1.79 bits per heavy atom. The van der Waals surface area contributed by atoms with Crippen LogP contribution >= 0.6 is 11.8 Å². The van der Waals surface area contributed by atoms with E-state index in [2.05, 4.69) is 5.32 Å². The highest BCUT2D eigenvalue weighted by molar-refractivity contribution is 8.00. The number of hydrogen-bond acceptors (Lipinski definition) is 3. The quantitative estimate of drug-likeness (QED) is 0.761. The molecule has 0 radical (unpaired) electrons. The van der Waals surface area contributed by atoms with E-state index in [1.165, 1.54) is 11.8 Å². The van der Waals surface area contributed by atoms with Gasteiger partial charge in [0, 0.05) is 11.4 Å². The predicted molar refractivity (Wildman–Crippen MR) is 98.8 cm³/mol. The Labute approximate surface area is 146 Å². The molecule has 0 aliphatic carbocycles. The van der Waals surface area contributed by atoms with Crippen molar-refractivity contribution in [1.82, 2.24) is 5.32 Å². The molecule has 2 aromatic carbocycles. The molecule has 2 aromatic rings. The lowest BCUT2D eigenvalue weighted by Gasteiger charge is -2.11. The van der Waals surface area contributed by atoms with Gasteiger partial charge in [-0.1, -0.05) is 54.6 Å². The fourth-order valence-electron chi connectivity index (χ4n) is 2.01. The monoisotopic (exact) mass is 340 g/mol. The summed E-state index contributed by atoms with van der Waals surface area (Å²) < 4.78 is 0. The number of benzene rings is 2. The van der Waals surface area contributed by atoms with E-state index in [4.69, 9.17) is 5.73 Å². The van der Waals surface area contributed by atoms with Crippen molar-refractivity contribution in [2.24, 2.45) is 5.73 Å². The zero-order valence-corrected chi connectivity index (χ0v) is 14.3. The topological polar surface area (TPSA) is 72.2 Å². The molecule has 0 saturated heterocycles. The molecule has 0 bridgehead atoms. The van der Waals surface area contributed by atoms with Crippen LogP contribution in [0.5, 0.6) is 0 Å². The highest BCUT2D eigenvalue weighted by Crippen LogP contribution is 2.26. The van der Waals surface area contributed by atoms with Gasteiger partial charge in [-0.15, -0.1) is 11.8 Å². The van der Waals surface area contributed by atoms with E-state index in [1.807, 2.05) is 54.6 Å². The Morgan fingerprint density at radius 3 is 2.50 bits per heavy atom. The molecule has 0 aliphatic heterocycles. The normalized spacial score (nSPS) is 12.0. The van der Waals surface area contributed by atoms with Crippen molar-refractivity contribution < 1.29 is 9.59 Å². The zero-order chi connectivity index (χ0) is 17.4. The average molecular weight is 340 g/mol. The Bertz CT molecular complexity index is 729. The van der Waals surface area contributed by atoms with Crippen molar-refractivity contribution in [3.63, 3.8) is 0 Å². The van der Waals surface area contributed by atoms with Crippen molar-refractivity contribution >= 4 is 29.7 Å². The number of amides is 2. The van der Waals surface area contributed by atoms with E-state index >= 15 is 0 Å². The second-order valence-electron chi connectivity index (χ2n) is 5.18. The third kappa shape index (κ3) is 5.28. The molecule has 24 heavy (non-hydrogen) atoms. The molecule has 0 aliphatic rings. The summed E-state index contributed by atoms with van der Waals surface area (Å²) in [5.74, 6) is -0.575. The van der Waals surface area contributed by atoms with E-state index < -0.39 is 11.2 Å². The lowest BCUT2D eigenvalue weighted by atomic mass is 10.2. The van der Waals surface area contributed by atoms with Crippen molar-refractivity contribution in [1.29, 1.82) is 0 Å². The van der Waals surface area contributed by atoms with Crippen LogP contribution in [0.4, 0.5) is 0 Å².